The first kappa shape index (κ1) is 19.2. The van der Waals surface area contributed by atoms with E-state index in [1.165, 1.54) is 17.1 Å². The van der Waals surface area contributed by atoms with Crippen LogP contribution in [-0.2, 0) is 4.79 Å². The molecule has 0 radical (unpaired) electrons. The Bertz CT molecular complexity index is 997. The third-order valence-electron chi connectivity index (χ3n) is 6.84. The first-order chi connectivity index (χ1) is 14.4. The lowest BCUT2D eigenvalue weighted by atomic mass is 9.33. The van der Waals surface area contributed by atoms with Crippen LogP contribution in [-0.4, -0.2) is 29.3 Å². The number of hydrogen-bond acceptors (Lipinski definition) is 4. The van der Waals surface area contributed by atoms with Gasteiger partial charge in [-0.1, -0.05) is 12.1 Å². The highest BCUT2D eigenvalue weighted by Crippen LogP contribution is 2.78. The summed E-state index contributed by atoms with van der Waals surface area (Å²) in [6.45, 7) is 0. The topological polar surface area (TPSA) is 62.1 Å². The van der Waals surface area contributed by atoms with Gasteiger partial charge in [-0.15, -0.1) is 0 Å². The Labute approximate surface area is 173 Å². The number of carbonyl (C=O) groups is 1. The van der Waals surface area contributed by atoms with Crippen molar-refractivity contribution in [2.75, 3.05) is 7.11 Å². The summed E-state index contributed by atoms with van der Waals surface area (Å²) in [7, 11) is 1.59. The summed E-state index contributed by atoms with van der Waals surface area (Å²) >= 11 is 0. The second kappa shape index (κ2) is 6.60. The molecule has 30 heavy (non-hydrogen) atoms. The molecule has 2 aromatic rings. The fourth-order valence-corrected chi connectivity index (χ4v) is 5.42. The van der Waals surface area contributed by atoms with Crippen LogP contribution in [0.1, 0.15) is 49.0 Å². The van der Waals surface area contributed by atoms with Crippen molar-refractivity contribution in [3.8, 4) is 5.75 Å². The summed E-state index contributed by atoms with van der Waals surface area (Å²) in [6.07, 6.45) is 3.14. The normalized spacial score (nSPS) is 29.9. The minimum Gasteiger partial charge on any atom is -0.497 e. The number of aliphatic hydroxyl groups is 1. The summed E-state index contributed by atoms with van der Waals surface area (Å²) in [5, 5.41) is 16.5. The molecule has 2 atom stereocenters. The number of hydrogen-bond donors (Lipinski definition) is 1. The molecule has 0 aromatic heterocycles. The third kappa shape index (κ3) is 2.75. The van der Waals surface area contributed by atoms with E-state index in [2.05, 4.69) is 5.10 Å². The minimum atomic E-state index is -0.670. The van der Waals surface area contributed by atoms with Gasteiger partial charge in [0.1, 0.15) is 17.4 Å². The van der Waals surface area contributed by atoms with E-state index in [-0.39, 0.29) is 11.3 Å². The number of nitrogens with zero attached hydrogens (tertiary/aromatic N) is 2. The number of amides is 1. The lowest BCUT2D eigenvalue weighted by Crippen LogP contribution is -2.69. The minimum absolute atomic E-state index is 0.130. The lowest BCUT2D eigenvalue weighted by Gasteiger charge is -2.71. The smallest absolute Gasteiger partial charge is 0.249 e. The molecule has 1 amide bonds. The average Bonchev–Trinajstić information content (AvgIpc) is 3.15. The molecule has 1 aliphatic heterocycles. The molecule has 5 nitrogen and oxygen atoms in total. The molecular weight excluding hydrogens is 390 g/mol. The van der Waals surface area contributed by atoms with Crippen LogP contribution in [0, 0.1) is 22.5 Å². The molecular formula is C23H22F2N2O3. The number of methoxy groups -OCH3 is 1. The highest BCUT2D eigenvalue weighted by Gasteiger charge is 2.74. The van der Waals surface area contributed by atoms with Gasteiger partial charge in [-0.3, -0.25) is 4.79 Å². The highest BCUT2D eigenvalue weighted by atomic mass is 19.1. The van der Waals surface area contributed by atoms with Crippen molar-refractivity contribution in [1.82, 2.24) is 5.01 Å². The van der Waals surface area contributed by atoms with Gasteiger partial charge in [-0.05, 0) is 54.7 Å². The van der Waals surface area contributed by atoms with Crippen LogP contribution in [0.2, 0.25) is 0 Å². The maximum Gasteiger partial charge on any atom is 0.249 e. The molecule has 7 heteroatoms. The fourth-order valence-electron chi connectivity index (χ4n) is 5.42. The zero-order chi connectivity index (χ0) is 21.1. The fraction of sp³-hybridized carbons (Fsp3) is 0.391. The average molecular weight is 412 g/mol. The standard InChI is InChI=1S/C23H22F2N2O3/c1-30-18-4-2-14(3-5-18)20(28)22-11-23(12-22,13-22)21(29)27-19(6-7-26-27)15-8-16(24)10-17(25)9-15/h2-5,7-10,19-20,28H,6,11-13H2,1H3. The van der Waals surface area contributed by atoms with Crippen LogP contribution in [0.15, 0.2) is 47.6 Å². The van der Waals surface area contributed by atoms with Gasteiger partial charge < -0.3 is 9.84 Å². The summed E-state index contributed by atoms with van der Waals surface area (Å²) < 4.78 is 32.5. The quantitative estimate of drug-likeness (QED) is 0.803. The second-order valence-electron chi connectivity index (χ2n) is 8.75. The van der Waals surface area contributed by atoms with Crippen LogP contribution in [0.3, 0.4) is 0 Å². The van der Waals surface area contributed by atoms with Crippen molar-refractivity contribution in [2.24, 2.45) is 15.9 Å². The van der Waals surface area contributed by atoms with E-state index in [0.29, 0.717) is 31.2 Å². The zero-order valence-electron chi connectivity index (χ0n) is 16.5. The van der Waals surface area contributed by atoms with E-state index in [1.54, 1.807) is 13.3 Å². The molecule has 2 unspecified atom stereocenters. The largest absolute Gasteiger partial charge is 0.497 e. The number of rotatable bonds is 5. The van der Waals surface area contributed by atoms with Gasteiger partial charge in [-0.25, -0.2) is 13.8 Å². The number of hydrazone groups is 1. The van der Waals surface area contributed by atoms with Gasteiger partial charge in [0.15, 0.2) is 0 Å². The van der Waals surface area contributed by atoms with Crippen molar-refractivity contribution in [1.29, 1.82) is 0 Å². The van der Waals surface area contributed by atoms with Crippen LogP contribution in [0.5, 0.6) is 5.75 Å². The SMILES string of the molecule is COc1ccc(C(O)C23CC(C(=O)N4N=CCC4c4cc(F)cc(F)c4)(C2)C3)cc1. The third-order valence-corrected chi connectivity index (χ3v) is 6.84. The van der Waals surface area contributed by atoms with E-state index in [9.17, 15) is 18.7 Å². The summed E-state index contributed by atoms with van der Waals surface area (Å²) in [5.41, 5.74) is 0.370. The van der Waals surface area contributed by atoms with Crippen molar-refractivity contribution in [3.05, 3.63) is 65.2 Å². The van der Waals surface area contributed by atoms with Gasteiger partial charge in [0.25, 0.3) is 0 Å². The van der Waals surface area contributed by atoms with Crippen LogP contribution in [0.25, 0.3) is 0 Å². The lowest BCUT2D eigenvalue weighted by molar-refractivity contribution is -0.254. The van der Waals surface area contributed by atoms with E-state index in [0.717, 1.165) is 17.4 Å². The first-order valence-electron chi connectivity index (χ1n) is 10.00. The summed E-state index contributed by atoms with van der Waals surface area (Å²) in [4.78, 5) is 13.3. The monoisotopic (exact) mass is 412 g/mol. The molecule has 2 aromatic carbocycles. The van der Waals surface area contributed by atoms with Gasteiger partial charge in [0.05, 0.1) is 24.7 Å². The first-order valence-corrected chi connectivity index (χ1v) is 10.00. The maximum absolute atomic E-state index is 13.7. The highest BCUT2D eigenvalue weighted by molar-refractivity contribution is 5.88. The Kier molecular flexibility index (Phi) is 4.22. The Morgan fingerprint density at radius 2 is 1.80 bits per heavy atom. The van der Waals surface area contributed by atoms with Crippen LogP contribution in [0.4, 0.5) is 8.78 Å². The predicted octanol–water partition coefficient (Wildman–Crippen LogP) is 4.14. The molecule has 1 N–H and O–H groups in total. The Morgan fingerprint density at radius 1 is 1.17 bits per heavy atom. The van der Waals surface area contributed by atoms with Gasteiger partial charge >= 0.3 is 0 Å². The molecule has 0 spiro atoms. The Morgan fingerprint density at radius 3 is 2.40 bits per heavy atom. The van der Waals surface area contributed by atoms with E-state index in [4.69, 9.17) is 4.74 Å². The number of halogens is 2. The summed E-state index contributed by atoms with van der Waals surface area (Å²) in [5.74, 6) is -0.746. The molecule has 3 aliphatic carbocycles. The van der Waals surface area contributed by atoms with Crippen LogP contribution >= 0.6 is 0 Å². The number of aliphatic hydroxyl groups excluding tert-OH is 1. The second-order valence-corrected chi connectivity index (χ2v) is 8.75. The van der Waals surface area contributed by atoms with Gasteiger partial charge in [0.2, 0.25) is 5.91 Å². The Hall–Kier alpha value is -2.80. The van der Waals surface area contributed by atoms with Crippen molar-refractivity contribution in [2.45, 2.75) is 37.8 Å². The molecule has 3 fully saturated rings. The predicted molar refractivity (Wildman–Crippen MR) is 106 cm³/mol. The summed E-state index contributed by atoms with van der Waals surface area (Å²) in [6, 6.07) is 10.1. The maximum atomic E-state index is 13.7. The molecule has 1 heterocycles. The van der Waals surface area contributed by atoms with Crippen LogP contribution < -0.4 is 4.74 Å². The molecule has 4 aliphatic rings. The molecule has 156 valence electrons. The van der Waals surface area contributed by atoms with E-state index < -0.39 is 29.2 Å². The molecule has 2 bridgehead atoms. The molecule has 6 rings (SSSR count). The van der Waals surface area contributed by atoms with E-state index >= 15 is 0 Å². The van der Waals surface area contributed by atoms with Crippen molar-refractivity contribution in [3.63, 3.8) is 0 Å². The number of benzene rings is 2. The Balaban J connectivity index is 1.30. The van der Waals surface area contributed by atoms with Gasteiger partial charge in [0, 0.05) is 24.1 Å². The van der Waals surface area contributed by atoms with Gasteiger partial charge in [-0.2, -0.15) is 5.10 Å². The van der Waals surface area contributed by atoms with Crippen molar-refractivity contribution >= 4 is 12.1 Å². The molecule has 0 saturated heterocycles. The van der Waals surface area contributed by atoms with E-state index in [1.807, 2.05) is 24.3 Å². The number of carbonyl (C=O) groups excluding carboxylic acids is 1. The zero-order valence-corrected chi connectivity index (χ0v) is 16.5. The van der Waals surface area contributed by atoms with Crippen molar-refractivity contribution < 1.29 is 23.4 Å². The molecule has 3 saturated carbocycles. The number of ether oxygens (including phenoxy) is 1.